The van der Waals surface area contributed by atoms with Crippen LogP contribution in [-0.2, 0) is 16.0 Å². The van der Waals surface area contributed by atoms with Gasteiger partial charge >= 0.3 is 0 Å². The van der Waals surface area contributed by atoms with E-state index >= 15 is 0 Å². The van der Waals surface area contributed by atoms with Crippen molar-refractivity contribution in [3.8, 4) is 6.07 Å². The maximum atomic E-state index is 9.17. The van der Waals surface area contributed by atoms with Gasteiger partial charge in [-0.1, -0.05) is 0 Å². The first-order valence-corrected chi connectivity index (χ1v) is 8.85. The maximum absolute atomic E-state index is 9.17. The minimum atomic E-state index is -0.341. The van der Waals surface area contributed by atoms with Crippen molar-refractivity contribution in [3.05, 3.63) is 30.1 Å². The van der Waals surface area contributed by atoms with Crippen LogP contribution in [0.15, 0.2) is 24.5 Å². The first-order valence-electron chi connectivity index (χ1n) is 8.85. The second kappa shape index (κ2) is 5.05. The Bertz CT molecular complexity index is 825. The standard InChI is InChI=1S/C19H21N3O2/c20-11-14-1-2-16-17(9-14)22(13-21-16)12-15-10-19(23-7-8-24-19)6-5-18(15)3-4-18/h1-2,9,13,15H,3-8,10,12H2. The molecule has 5 rings (SSSR count). The quantitative estimate of drug-likeness (QED) is 0.851. The second-order valence-electron chi connectivity index (χ2n) is 7.58. The summed E-state index contributed by atoms with van der Waals surface area (Å²) in [6.45, 7) is 2.37. The molecule has 0 amide bonds. The molecule has 5 heteroatoms. The lowest BCUT2D eigenvalue weighted by Gasteiger charge is -2.42. The van der Waals surface area contributed by atoms with Crippen molar-refractivity contribution in [2.75, 3.05) is 13.2 Å². The Morgan fingerprint density at radius 2 is 2.00 bits per heavy atom. The van der Waals surface area contributed by atoms with Crippen LogP contribution in [0, 0.1) is 22.7 Å². The lowest BCUT2D eigenvalue weighted by molar-refractivity contribution is -0.199. The van der Waals surface area contributed by atoms with E-state index in [1.165, 1.54) is 19.3 Å². The molecule has 2 aliphatic carbocycles. The lowest BCUT2D eigenvalue weighted by atomic mass is 9.73. The van der Waals surface area contributed by atoms with Gasteiger partial charge in [-0.2, -0.15) is 5.26 Å². The first kappa shape index (κ1) is 14.4. The fourth-order valence-electron chi connectivity index (χ4n) is 4.68. The molecule has 0 radical (unpaired) electrons. The molecule has 1 unspecified atom stereocenters. The van der Waals surface area contributed by atoms with Gasteiger partial charge in [0.2, 0.25) is 0 Å². The number of fused-ring (bicyclic) bond motifs is 1. The molecule has 2 aromatic rings. The monoisotopic (exact) mass is 323 g/mol. The number of rotatable bonds is 2. The van der Waals surface area contributed by atoms with Gasteiger partial charge in [-0.3, -0.25) is 0 Å². The van der Waals surface area contributed by atoms with E-state index in [9.17, 15) is 0 Å². The Labute approximate surface area is 141 Å². The van der Waals surface area contributed by atoms with Gasteiger partial charge in [-0.05, 0) is 48.8 Å². The zero-order chi connectivity index (χ0) is 16.2. The van der Waals surface area contributed by atoms with Gasteiger partial charge in [0.15, 0.2) is 5.79 Å². The van der Waals surface area contributed by atoms with Crippen LogP contribution in [0.5, 0.6) is 0 Å². The Balaban J connectivity index is 1.46. The molecule has 2 heterocycles. The molecule has 2 spiro atoms. The second-order valence-corrected chi connectivity index (χ2v) is 7.58. The Morgan fingerprint density at radius 3 is 2.75 bits per heavy atom. The van der Waals surface area contributed by atoms with E-state index in [0.717, 1.165) is 43.6 Å². The molecule has 1 aliphatic heterocycles. The molecule has 1 aromatic heterocycles. The van der Waals surface area contributed by atoms with Gasteiger partial charge in [-0.15, -0.1) is 0 Å². The molecule has 124 valence electrons. The van der Waals surface area contributed by atoms with Gasteiger partial charge in [-0.25, -0.2) is 4.98 Å². The van der Waals surface area contributed by atoms with Crippen LogP contribution in [0.4, 0.5) is 0 Å². The third kappa shape index (κ3) is 2.17. The minimum absolute atomic E-state index is 0.341. The van der Waals surface area contributed by atoms with E-state index in [1.54, 1.807) is 0 Å². The molecular weight excluding hydrogens is 302 g/mol. The number of nitriles is 1. The molecule has 1 aromatic carbocycles. The van der Waals surface area contributed by atoms with Gasteiger partial charge < -0.3 is 14.0 Å². The predicted octanol–water partition coefficient (Wildman–Crippen LogP) is 3.23. The summed E-state index contributed by atoms with van der Waals surface area (Å²) >= 11 is 0. The fourth-order valence-corrected chi connectivity index (χ4v) is 4.68. The first-order chi connectivity index (χ1) is 11.7. The van der Waals surface area contributed by atoms with E-state index in [4.69, 9.17) is 14.7 Å². The van der Waals surface area contributed by atoms with Gasteiger partial charge in [0.1, 0.15) is 0 Å². The van der Waals surface area contributed by atoms with Crippen LogP contribution in [0.2, 0.25) is 0 Å². The average molecular weight is 323 g/mol. The van der Waals surface area contributed by atoms with E-state index in [0.29, 0.717) is 16.9 Å². The lowest BCUT2D eigenvalue weighted by Crippen LogP contribution is -2.42. The molecule has 1 saturated heterocycles. The van der Waals surface area contributed by atoms with E-state index in [2.05, 4.69) is 15.6 Å². The number of ether oxygens (including phenoxy) is 2. The summed E-state index contributed by atoms with van der Waals surface area (Å²) < 4.78 is 14.2. The molecular formula is C19H21N3O2. The number of hydrogen-bond acceptors (Lipinski definition) is 4. The zero-order valence-electron chi connectivity index (χ0n) is 13.7. The summed E-state index contributed by atoms with van der Waals surface area (Å²) in [6.07, 6.45) is 7.78. The Morgan fingerprint density at radius 1 is 1.21 bits per heavy atom. The van der Waals surface area contributed by atoms with Crippen molar-refractivity contribution in [1.29, 1.82) is 5.26 Å². The van der Waals surface area contributed by atoms with E-state index in [-0.39, 0.29) is 5.79 Å². The van der Waals surface area contributed by atoms with Crippen LogP contribution in [0.1, 0.15) is 37.7 Å². The summed E-state index contributed by atoms with van der Waals surface area (Å²) in [5.74, 6) is 0.208. The van der Waals surface area contributed by atoms with E-state index in [1.807, 2.05) is 24.5 Å². The van der Waals surface area contributed by atoms with Crippen molar-refractivity contribution in [2.45, 2.75) is 44.4 Å². The van der Waals surface area contributed by atoms with Gasteiger partial charge in [0.25, 0.3) is 0 Å². The van der Waals surface area contributed by atoms with E-state index < -0.39 is 0 Å². The molecule has 24 heavy (non-hydrogen) atoms. The van der Waals surface area contributed by atoms with Crippen LogP contribution in [0.25, 0.3) is 11.0 Å². The molecule has 3 aliphatic rings. The van der Waals surface area contributed by atoms with Crippen molar-refractivity contribution < 1.29 is 9.47 Å². The van der Waals surface area contributed by atoms with Gasteiger partial charge in [0, 0.05) is 19.4 Å². The Hall–Kier alpha value is -1.90. The highest BCUT2D eigenvalue weighted by molar-refractivity contribution is 5.76. The Kier molecular flexibility index (Phi) is 3.04. The van der Waals surface area contributed by atoms with Gasteiger partial charge in [0.05, 0.1) is 42.2 Å². The predicted molar refractivity (Wildman–Crippen MR) is 88.1 cm³/mol. The smallest absolute Gasteiger partial charge is 0.168 e. The SMILES string of the molecule is N#Cc1ccc2ncn(CC3CC4(CCC35CC5)OCCO4)c2c1. The number of aromatic nitrogens is 2. The summed E-state index contributed by atoms with van der Waals surface area (Å²) in [5, 5.41) is 9.17. The third-order valence-corrected chi connectivity index (χ3v) is 6.30. The normalized spacial score (nSPS) is 26.9. The number of benzene rings is 1. The highest BCUT2D eigenvalue weighted by Crippen LogP contribution is 2.62. The van der Waals surface area contributed by atoms with Crippen molar-refractivity contribution in [3.63, 3.8) is 0 Å². The molecule has 0 bridgehead atoms. The molecule has 3 fully saturated rings. The number of nitrogens with zero attached hydrogens (tertiary/aromatic N) is 3. The summed E-state index contributed by atoms with van der Waals surface area (Å²) in [7, 11) is 0. The largest absolute Gasteiger partial charge is 0.348 e. The van der Waals surface area contributed by atoms with Crippen molar-refractivity contribution in [2.24, 2.45) is 11.3 Å². The maximum Gasteiger partial charge on any atom is 0.168 e. The highest BCUT2D eigenvalue weighted by atomic mass is 16.7. The number of imidazole rings is 1. The van der Waals surface area contributed by atoms with Crippen molar-refractivity contribution in [1.82, 2.24) is 9.55 Å². The summed E-state index contributed by atoms with van der Waals surface area (Å²) in [4.78, 5) is 4.51. The third-order valence-electron chi connectivity index (χ3n) is 6.30. The fraction of sp³-hybridized carbons (Fsp3) is 0.579. The molecule has 2 saturated carbocycles. The van der Waals surface area contributed by atoms with Crippen molar-refractivity contribution >= 4 is 11.0 Å². The zero-order valence-corrected chi connectivity index (χ0v) is 13.7. The molecule has 5 nitrogen and oxygen atoms in total. The summed E-state index contributed by atoms with van der Waals surface area (Å²) in [5.41, 5.74) is 3.17. The minimum Gasteiger partial charge on any atom is -0.348 e. The van der Waals surface area contributed by atoms with Crippen LogP contribution < -0.4 is 0 Å². The summed E-state index contributed by atoms with van der Waals surface area (Å²) in [6, 6.07) is 7.94. The topological polar surface area (TPSA) is 60.1 Å². The van der Waals surface area contributed by atoms with Crippen LogP contribution in [-0.4, -0.2) is 28.6 Å². The number of hydrogen-bond donors (Lipinski definition) is 0. The molecule has 0 N–H and O–H groups in total. The van der Waals surface area contributed by atoms with Crippen LogP contribution >= 0.6 is 0 Å². The van der Waals surface area contributed by atoms with Crippen LogP contribution in [0.3, 0.4) is 0 Å². The molecule has 1 atom stereocenters. The highest BCUT2D eigenvalue weighted by Gasteiger charge is 2.57. The average Bonchev–Trinajstić information content (AvgIpc) is 3.08.